The van der Waals surface area contributed by atoms with E-state index in [1.807, 2.05) is 0 Å². The number of hydrogen-bond donors (Lipinski definition) is 1. The van der Waals surface area contributed by atoms with Gasteiger partial charge in [0.25, 0.3) is 0 Å². The summed E-state index contributed by atoms with van der Waals surface area (Å²) in [5.74, 6) is 1.28. The monoisotopic (exact) mass is 275 g/mol. The van der Waals surface area contributed by atoms with Gasteiger partial charge in [-0.15, -0.1) is 0 Å². The van der Waals surface area contributed by atoms with Gasteiger partial charge in [-0.2, -0.15) is 0 Å². The first kappa shape index (κ1) is 13.0. The Bertz CT molecular complexity index is 394. The first-order valence-corrected chi connectivity index (χ1v) is 6.35. The Morgan fingerprint density at radius 1 is 1.29 bits per heavy atom. The molecule has 2 N–H and O–H groups in total. The van der Waals surface area contributed by atoms with Crippen LogP contribution < -0.4 is 10.5 Å². The van der Waals surface area contributed by atoms with E-state index in [2.05, 4.69) is 0 Å². The molecule has 1 aromatic carbocycles. The minimum Gasteiger partial charge on any atom is -0.466 e. The van der Waals surface area contributed by atoms with Crippen LogP contribution >= 0.6 is 23.2 Å². The first-order valence-electron chi connectivity index (χ1n) is 5.59. The molecule has 1 fully saturated rings. The summed E-state index contributed by atoms with van der Waals surface area (Å²) in [5.41, 5.74) is 6.40. The molecule has 5 heteroatoms. The molecule has 2 rings (SSSR count). The van der Waals surface area contributed by atoms with E-state index in [1.165, 1.54) is 12.8 Å². The van der Waals surface area contributed by atoms with Crippen LogP contribution in [0.3, 0.4) is 0 Å². The number of ether oxygens (including phenoxy) is 2. The fourth-order valence-corrected chi connectivity index (χ4v) is 2.12. The Morgan fingerprint density at radius 3 is 2.71 bits per heavy atom. The molecule has 0 radical (unpaired) electrons. The van der Waals surface area contributed by atoms with E-state index in [-0.39, 0.29) is 6.79 Å². The molecule has 1 aromatic rings. The zero-order valence-corrected chi connectivity index (χ0v) is 10.9. The van der Waals surface area contributed by atoms with Crippen molar-refractivity contribution in [2.45, 2.75) is 19.4 Å². The average Bonchev–Trinajstić information content (AvgIpc) is 3.09. The fourth-order valence-electron chi connectivity index (χ4n) is 1.53. The lowest BCUT2D eigenvalue weighted by Gasteiger charge is -2.12. The number of rotatable bonds is 6. The van der Waals surface area contributed by atoms with Gasteiger partial charge < -0.3 is 15.2 Å². The van der Waals surface area contributed by atoms with Gasteiger partial charge in [0.05, 0.1) is 11.6 Å². The molecule has 1 aliphatic carbocycles. The molecule has 0 heterocycles. The minimum atomic E-state index is 0.199. The molecule has 0 aromatic heterocycles. The highest BCUT2D eigenvalue weighted by Crippen LogP contribution is 2.32. The molecule has 17 heavy (non-hydrogen) atoms. The highest BCUT2D eigenvalue weighted by Gasteiger charge is 2.21. The van der Waals surface area contributed by atoms with Crippen LogP contribution in [0, 0.1) is 5.92 Å². The van der Waals surface area contributed by atoms with Crippen LogP contribution in [0.4, 0.5) is 0 Å². The predicted octanol–water partition coefficient (Wildman–Crippen LogP) is 3.22. The third kappa shape index (κ3) is 3.75. The van der Waals surface area contributed by atoms with E-state index >= 15 is 0 Å². The normalized spacial score (nSPS) is 15.0. The third-order valence-electron chi connectivity index (χ3n) is 2.64. The van der Waals surface area contributed by atoms with Crippen LogP contribution in [0.5, 0.6) is 5.75 Å². The Morgan fingerprint density at radius 2 is 2.06 bits per heavy atom. The van der Waals surface area contributed by atoms with Crippen molar-refractivity contribution in [2.24, 2.45) is 11.7 Å². The maximum atomic E-state index is 6.05. The van der Waals surface area contributed by atoms with Gasteiger partial charge in [-0.05, 0) is 30.9 Å². The molecular formula is C12H15Cl2NO2. The molecular weight excluding hydrogens is 261 g/mol. The second-order valence-corrected chi connectivity index (χ2v) is 5.00. The number of nitrogens with two attached hydrogens (primary N) is 1. The quantitative estimate of drug-likeness (QED) is 0.641. The van der Waals surface area contributed by atoms with Crippen molar-refractivity contribution in [1.29, 1.82) is 0 Å². The summed E-state index contributed by atoms with van der Waals surface area (Å²) in [6, 6.07) is 3.39. The maximum absolute atomic E-state index is 6.05. The van der Waals surface area contributed by atoms with Crippen LogP contribution in [0.25, 0.3) is 0 Å². The zero-order valence-electron chi connectivity index (χ0n) is 9.42. The molecule has 1 saturated carbocycles. The van der Waals surface area contributed by atoms with E-state index < -0.39 is 0 Å². The summed E-state index contributed by atoms with van der Waals surface area (Å²) >= 11 is 11.9. The van der Waals surface area contributed by atoms with E-state index in [1.54, 1.807) is 12.1 Å². The smallest absolute Gasteiger partial charge is 0.189 e. The number of hydrogen-bond acceptors (Lipinski definition) is 3. The summed E-state index contributed by atoms with van der Waals surface area (Å²) in [5, 5.41) is 1.02. The van der Waals surface area contributed by atoms with E-state index in [9.17, 15) is 0 Å². The molecule has 0 amide bonds. The van der Waals surface area contributed by atoms with Crippen molar-refractivity contribution in [3.63, 3.8) is 0 Å². The highest BCUT2D eigenvalue weighted by atomic mass is 35.5. The van der Waals surface area contributed by atoms with Gasteiger partial charge >= 0.3 is 0 Å². The van der Waals surface area contributed by atoms with Crippen LogP contribution in [-0.2, 0) is 11.3 Å². The van der Waals surface area contributed by atoms with Gasteiger partial charge in [0.2, 0.25) is 0 Å². The summed E-state index contributed by atoms with van der Waals surface area (Å²) in [6.45, 7) is 1.28. The van der Waals surface area contributed by atoms with Gasteiger partial charge in [-0.3, -0.25) is 0 Å². The summed E-state index contributed by atoms with van der Waals surface area (Å²) in [7, 11) is 0. The Hall–Kier alpha value is -0.480. The van der Waals surface area contributed by atoms with Crippen molar-refractivity contribution < 1.29 is 9.47 Å². The van der Waals surface area contributed by atoms with Crippen LogP contribution in [0.1, 0.15) is 18.4 Å². The van der Waals surface area contributed by atoms with Crippen LogP contribution in [-0.4, -0.2) is 13.4 Å². The maximum Gasteiger partial charge on any atom is 0.189 e. The van der Waals surface area contributed by atoms with Gasteiger partial charge in [-0.25, -0.2) is 0 Å². The van der Waals surface area contributed by atoms with Gasteiger partial charge in [0.1, 0.15) is 5.75 Å². The lowest BCUT2D eigenvalue weighted by atomic mass is 10.2. The molecule has 0 aliphatic heterocycles. The van der Waals surface area contributed by atoms with E-state index in [4.69, 9.17) is 38.4 Å². The Balaban J connectivity index is 1.92. The zero-order chi connectivity index (χ0) is 12.3. The summed E-state index contributed by atoms with van der Waals surface area (Å²) < 4.78 is 10.9. The minimum absolute atomic E-state index is 0.199. The summed E-state index contributed by atoms with van der Waals surface area (Å²) in [4.78, 5) is 0. The van der Waals surface area contributed by atoms with Gasteiger partial charge in [-0.1, -0.05) is 23.2 Å². The standard InChI is InChI=1S/C12H15Cl2NO2/c13-10-3-9(5-15)12(11(14)4-10)17-7-16-6-8-1-2-8/h3-4,8H,1-2,5-7,15H2. The molecule has 94 valence electrons. The average molecular weight is 276 g/mol. The van der Waals surface area contributed by atoms with Crippen LogP contribution in [0.15, 0.2) is 12.1 Å². The second kappa shape index (κ2) is 5.91. The molecule has 0 saturated heterocycles. The SMILES string of the molecule is NCc1cc(Cl)cc(Cl)c1OCOCC1CC1. The Labute approximate surface area is 111 Å². The third-order valence-corrected chi connectivity index (χ3v) is 3.14. The summed E-state index contributed by atoms with van der Waals surface area (Å²) in [6.07, 6.45) is 2.52. The lowest BCUT2D eigenvalue weighted by Crippen LogP contribution is -2.08. The van der Waals surface area contributed by atoms with Crippen molar-refractivity contribution in [2.75, 3.05) is 13.4 Å². The topological polar surface area (TPSA) is 44.5 Å². The van der Waals surface area contributed by atoms with E-state index in [0.717, 1.165) is 12.2 Å². The molecule has 0 bridgehead atoms. The van der Waals surface area contributed by atoms with Gasteiger partial charge in [0.15, 0.2) is 6.79 Å². The van der Waals surface area contributed by atoms with Gasteiger partial charge in [0, 0.05) is 17.1 Å². The molecule has 0 spiro atoms. The molecule has 0 atom stereocenters. The predicted molar refractivity (Wildman–Crippen MR) is 68.5 cm³/mol. The Kier molecular flexibility index (Phi) is 4.51. The lowest BCUT2D eigenvalue weighted by molar-refractivity contribution is 0.00953. The molecule has 1 aliphatic rings. The first-order chi connectivity index (χ1) is 8.20. The number of halogens is 2. The second-order valence-electron chi connectivity index (χ2n) is 4.16. The van der Waals surface area contributed by atoms with Crippen LogP contribution in [0.2, 0.25) is 10.0 Å². The largest absolute Gasteiger partial charge is 0.466 e. The van der Waals surface area contributed by atoms with Crippen molar-refractivity contribution in [3.8, 4) is 5.75 Å². The van der Waals surface area contributed by atoms with Crippen molar-refractivity contribution in [3.05, 3.63) is 27.7 Å². The van der Waals surface area contributed by atoms with E-state index in [0.29, 0.717) is 28.3 Å². The van der Waals surface area contributed by atoms with Crippen molar-refractivity contribution in [1.82, 2.24) is 0 Å². The number of benzene rings is 1. The van der Waals surface area contributed by atoms with Crippen molar-refractivity contribution >= 4 is 23.2 Å². The highest BCUT2D eigenvalue weighted by molar-refractivity contribution is 6.35. The molecule has 0 unspecified atom stereocenters. The molecule has 3 nitrogen and oxygen atoms in total. The fraction of sp³-hybridized carbons (Fsp3) is 0.500.